The zero-order chi connectivity index (χ0) is 11.1. The largest absolute Gasteiger partial charge is 0.392 e. The number of carbonyl (C=O) groups is 2. The Morgan fingerprint density at radius 3 is 2.21 bits per heavy atom. The van der Waals surface area contributed by atoms with Crippen molar-refractivity contribution in [2.45, 2.75) is 32.4 Å². The van der Waals surface area contributed by atoms with E-state index in [1.54, 1.807) is 27.8 Å². The first-order valence-corrected chi connectivity index (χ1v) is 4.56. The zero-order valence-corrected chi connectivity index (χ0v) is 8.94. The van der Waals surface area contributed by atoms with Gasteiger partial charge in [-0.2, -0.15) is 0 Å². The fourth-order valence-electron chi connectivity index (χ4n) is 1.41. The lowest BCUT2D eigenvalue weighted by Gasteiger charge is -2.22. The van der Waals surface area contributed by atoms with Gasteiger partial charge in [0, 0.05) is 7.05 Å². The summed E-state index contributed by atoms with van der Waals surface area (Å²) in [6.45, 7) is 4.99. The molecule has 0 aromatic rings. The van der Waals surface area contributed by atoms with Crippen LogP contribution in [0.25, 0.3) is 0 Å². The highest BCUT2D eigenvalue weighted by atomic mass is 16.3. The third kappa shape index (κ3) is 1.48. The molecule has 1 aliphatic rings. The number of hydrogen-bond donors (Lipinski definition) is 1. The predicted molar refractivity (Wildman–Crippen MR) is 50.6 cm³/mol. The monoisotopic (exact) mass is 200 g/mol. The van der Waals surface area contributed by atoms with Crippen LogP contribution in [0.1, 0.15) is 20.8 Å². The molecule has 0 saturated carbocycles. The van der Waals surface area contributed by atoms with Crippen molar-refractivity contribution in [1.82, 2.24) is 9.80 Å². The highest BCUT2D eigenvalue weighted by Crippen LogP contribution is 2.25. The number of carbonyl (C=O) groups excluding carboxylic acids is 2. The summed E-state index contributed by atoms with van der Waals surface area (Å²) in [4.78, 5) is 25.8. The van der Waals surface area contributed by atoms with Gasteiger partial charge in [0.1, 0.15) is 5.54 Å². The van der Waals surface area contributed by atoms with Crippen molar-refractivity contribution in [2.75, 3.05) is 13.6 Å². The molecule has 1 atom stereocenters. The summed E-state index contributed by atoms with van der Waals surface area (Å²) < 4.78 is 0. The number of likely N-dealkylation sites (N-methyl/N-ethyl adjacent to an activating group) is 1. The van der Waals surface area contributed by atoms with Crippen LogP contribution < -0.4 is 0 Å². The number of nitrogens with zero attached hydrogens (tertiary/aromatic N) is 2. The summed E-state index contributed by atoms with van der Waals surface area (Å²) in [6.07, 6.45) is -0.690. The number of urea groups is 1. The van der Waals surface area contributed by atoms with E-state index in [0.29, 0.717) is 0 Å². The van der Waals surface area contributed by atoms with Crippen molar-refractivity contribution in [3.63, 3.8) is 0 Å². The van der Waals surface area contributed by atoms with Crippen LogP contribution in [0, 0.1) is 0 Å². The van der Waals surface area contributed by atoms with E-state index < -0.39 is 11.6 Å². The van der Waals surface area contributed by atoms with E-state index in [1.165, 1.54) is 4.90 Å². The number of rotatable bonds is 2. The lowest BCUT2D eigenvalue weighted by atomic mass is 10.1. The minimum Gasteiger partial charge on any atom is -0.392 e. The Morgan fingerprint density at radius 1 is 1.43 bits per heavy atom. The quantitative estimate of drug-likeness (QED) is 0.640. The zero-order valence-electron chi connectivity index (χ0n) is 8.94. The lowest BCUT2D eigenvalue weighted by molar-refractivity contribution is -0.132. The maximum atomic E-state index is 11.7. The summed E-state index contributed by atoms with van der Waals surface area (Å²) in [5.74, 6) is -0.258. The number of amides is 3. The minimum atomic E-state index is -0.800. The molecule has 5 heteroatoms. The second-order valence-electron chi connectivity index (χ2n) is 4.17. The normalized spacial score (nSPS) is 23.2. The van der Waals surface area contributed by atoms with Crippen LogP contribution in [0.5, 0.6) is 0 Å². The molecule has 1 rings (SSSR count). The highest BCUT2D eigenvalue weighted by molar-refractivity contribution is 6.06. The van der Waals surface area contributed by atoms with Crippen molar-refractivity contribution in [3.8, 4) is 0 Å². The topological polar surface area (TPSA) is 60.9 Å². The smallest absolute Gasteiger partial charge is 0.327 e. The molecule has 0 aromatic heterocycles. The molecule has 3 amide bonds. The Morgan fingerprint density at radius 2 is 1.93 bits per heavy atom. The summed E-state index contributed by atoms with van der Waals surface area (Å²) in [5, 5.41) is 9.14. The average Bonchev–Trinajstić information content (AvgIpc) is 2.20. The third-order valence-corrected chi connectivity index (χ3v) is 2.57. The molecule has 1 unspecified atom stereocenters. The first-order chi connectivity index (χ1) is 6.28. The van der Waals surface area contributed by atoms with Gasteiger partial charge in [0.25, 0.3) is 5.91 Å². The molecule has 0 aliphatic carbocycles. The van der Waals surface area contributed by atoms with Crippen LogP contribution in [-0.2, 0) is 4.79 Å². The van der Waals surface area contributed by atoms with Gasteiger partial charge in [0.2, 0.25) is 0 Å². The number of aliphatic hydroxyl groups is 1. The van der Waals surface area contributed by atoms with Crippen LogP contribution >= 0.6 is 0 Å². The predicted octanol–water partition coefficient (Wildman–Crippen LogP) is 0.0398. The molecule has 1 heterocycles. The first kappa shape index (κ1) is 11.0. The van der Waals surface area contributed by atoms with Gasteiger partial charge in [-0.15, -0.1) is 0 Å². The summed E-state index contributed by atoms with van der Waals surface area (Å²) in [6, 6.07) is -0.346. The van der Waals surface area contributed by atoms with Gasteiger partial charge in [0.05, 0.1) is 12.6 Å². The van der Waals surface area contributed by atoms with E-state index in [-0.39, 0.29) is 18.5 Å². The van der Waals surface area contributed by atoms with Gasteiger partial charge in [-0.05, 0) is 20.8 Å². The van der Waals surface area contributed by atoms with E-state index in [4.69, 9.17) is 5.11 Å². The SMILES string of the molecule is CC(O)CN1C(=O)N(C)C(C)(C)C1=O. The van der Waals surface area contributed by atoms with E-state index >= 15 is 0 Å². The van der Waals surface area contributed by atoms with Crippen molar-refractivity contribution >= 4 is 11.9 Å². The van der Waals surface area contributed by atoms with Crippen molar-refractivity contribution in [3.05, 3.63) is 0 Å². The van der Waals surface area contributed by atoms with E-state index in [0.717, 1.165) is 4.90 Å². The number of hydrogen-bond acceptors (Lipinski definition) is 3. The van der Waals surface area contributed by atoms with Crippen LogP contribution in [0.15, 0.2) is 0 Å². The first-order valence-electron chi connectivity index (χ1n) is 4.56. The van der Waals surface area contributed by atoms with Crippen LogP contribution in [0.4, 0.5) is 4.79 Å². The Labute approximate surface area is 83.3 Å². The fraction of sp³-hybridized carbons (Fsp3) is 0.778. The maximum Gasteiger partial charge on any atom is 0.327 e. The molecule has 1 N–H and O–H groups in total. The molecule has 0 bridgehead atoms. The second-order valence-corrected chi connectivity index (χ2v) is 4.17. The van der Waals surface area contributed by atoms with E-state index in [9.17, 15) is 9.59 Å². The number of aliphatic hydroxyl groups excluding tert-OH is 1. The van der Waals surface area contributed by atoms with Gasteiger partial charge in [-0.3, -0.25) is 9.69 Å². The van der Waals surface area contributed by atoms with Crippen LogP contribution in [0.3, 0.4) is 0 Å². The Bertz CT molecular complexity index is 273. The van der Waals surface area contributed by atoms with Gasteiger partial charge < -0.3 is 10.0 Å². The maximum absolute atomic E-state index is 11.7. The molecule has 1 saturated heterocycles. The molecule has 80 valence electrons. The molecule has 1 aliphatic heterocycles. The lowest BCUT2D eigenvalue weighted by Crippen LogP contribution is -2.42. The van der Waals surface area contributed by atoms with Crippen LogP contribution in [-0.4, -0.2) is 52.1 Å². The van der Waals surface area contributed by atoms with Gasteiger partial charge in [-0.25, -0.2) is 4.79 Å². The summed E-state index contributed by atoms with van der Waals surface area (Å²) >= 11 is 0. The summed E-state index contributed by atoms with van der Waals surface area (Å²) in [5.41, 5.74) is -0.800. The number of β-amino-alcohol motifs (C(OH)–C–C–N with tert-alkyl or cyclic N) is 1. The van der Waals surface area contributed by atoms with Crippen LogP contribution in [0.2, 0.25) is 0 Å². The van der Waals surface area contributed by atoms with Gasteiger partial charge in [0.15, 0.2) is 0 Å². The van der Waals surface area contributed by atoms with Gasteiger partial charge in [-0.1, -0.05) is 0 Å². The van der Waals surface area contributed by atoms with Gasteiger partial charge >= 0.3 is 6.03 Å². The third-order valence-electron chi connectivity index (χ3n) is 2.57. The minimum absolute atomic E-state index is 0.0609. The number of imide groups is 1. The Hall–Kier alpha value is -1.10. The van der Waals surface area contributed by atoms with Crippen molar-refractivity contribution < 1.29 is 14.7 Å². The Kier molecular flexibility index (Phi) is 2.54. The molecule has 5 nitrogen and oxygen atoms in total. The molecular weight excluding hydrogens is 184 g/mol. The highest BCUT2D eigenvalue weighted by Gasteiger charge is 2.49. The molecule has 0 aromatic carbocycles. The Balaban J connectivity index is 2.91. The standard InChI is InChI=1S/C9H16N2O3/c1-6(12)5-11-7(13)9(2,3)10(4)8(11)14/h6,12H,5H2,1-4H3. The summed E-state index contributed by atoms with van der Waals surface area (Å²) in [7, 11) is 1.59. The average molecular weight is 200 g/mol. The molecule has 0 radical (unpaired) electrons. The van der Waals surface area contributed by atoms with E-state index in [2.05, 4.69) is 0 Å². The molecular formula is C9H16N2O3. The molecule has 1 fully saturated rings. The second kappa shape index (κ2) is 3.24. The molecule has 0 spiro atoms. The molecule has 14 heavy (non-hydrogen) atoms. The van der Waals surface area contributed by atoms with Crippen molar-refractivity contribution in [1.29, 1.82) is 0 Å². The fourth-order valence-corrected chi connectivity index (χ4v) is 1.41. The van der Waals surface area contributed by atoms with Crippen molar-refractivity contribution in [2.24, 2.45) is 0 Å². The van der Waals surface area contributed by atoms with E-state index in [1.807, 2.05) is 0 Å².